The van der Waals surface area contributed by atoms with Gasteiger partial charge in [0.25, 0.3) is 0 Å². The number of rotatable bonds is 7. The first-order valence-electron chi connectivity index (χ1n) is 13.4. The molecule has 0 saturated carbocycles. The van der Waals surface area contributed by atoms with Crippen molar-refractivity contribution in [1.82, 2.24) is 19.3 Å². The Kier molecular flexibility index (Phi) is 7.70. The number of carbonyl (C=O) groups is 2. The number of benzene rings is 2. The maximum atomic E-state index is 14.9. The first-order chi connectivity index (χ1) is 20.2. The quantitative estimate of drug-likeness (QED) is 0.124. The van der Waals surface area contributed by atoms with E-state index in [1.54, 1.807) is 37.5 Å². The van der Waals surface area contributed by atoms with Crippen molar-refractivity contribution in [2.45, 2.75) is 32.5 Å². The highest BCUT2D eigenvalue weighted by atomic mass is 19.4. The van der Waals surface area contributed by atoms with Crippen molar-refractivity contribution < 1.29 is 27.2 Å². The third kappa shape index (κ3) is 6.21. The van der Waals surface area contributed by atoms with Gasteiger partial charge in [0, 0.05) is 42.5 Å². The predicted molar refractivity (Wildman–Crippen MR) is 157 cm³/mol. The van der Waals surface area contributed by atoms with Crippen molar-refractivity contribution in [3.8, 4) is 11.1 Å². The zero-order chi connectivity index (χ0) is 31.1. The lowest BCUT2D eigenvalue weighted by atomic mass is 9.98. The van der Waals surface area contributed by atoms with Crippen LogP contribution in [0.3, 0.4) is 0 Å². The molecule has 5 aromatic rings. The molecular weight excluding hydrogens is 562 g/mol. The van der Waals surface area contributed by atoms with E-state index in [1.165, 1.54) is 45.6 Å². The number of halogens is 4. The molecule has 0 aliphatic carbocycles. The summed E-state index contributed by atoms with van der Waals surface area (Å²) in [4.78, 5) is 29.8. The van der Waals surface area contributed by atoms with E-state index in [2.05, 4.69) is 15.6 Å². The van der Waals surface area contributed by atoms with E-state index in [9.17, 15) is 27.2 Å². The summed E-state index contributed by atoms with van der Waals surface area (Å²) in [5.74, 6) is -1.88. The summed E-state index contributed by atoms with van der Waals surface area (Å²) in [6.45, 7) is 6.42. The van der Waals surface area contributed by atoms with Crippen molar-refractivity contribution >= 4 is 33.9 Å². The van der Waals surface area contributed by atoms with Gasteiger partial charge in [0.1, 0.15) is 5.82 Å². The van der Waals surface area contributed by atoms with Crippen LogP contribution in [-0.4, -0.2) is 37.7 Å². The van der Waals surface area contributed by atoms with E-state index in [4.69, 9.17) is 0 Å². The number of carbonyl (C=O) groups excluding carboxylic acids is 2. The minimum atomic E-state index is -4.64. The van der Waals surface area contributed by atoms with Crippen LogP contribution < -0.4 is 10.6 Å². The first-order valence-corrected chi connectivity index (χ1v) is 13.4. The normalized spacial score (nSPS) is 12.5. The van der Waals surface area contributed by atoms with Gasteiger partial charge in [-0.2, -0.15) is 13.2 Å². The molecule has 222 valence electrons. The molecule has 2 N–H and O–H groups in total. The fraction of sp³-hybridized carbons (Fsp3) is 0.219. The Morgan fingerprint density at radius 3 is 2.44 bits per heavy atom. The molecule has 5 rings (SSSR count). The molecule has 7 nitrogen and oxygen atoms in total. The monoisotopic (exact) mass is 591 g/mol. The number of aromatic nitrogens is 3. The number of hydrogen-bond donors (Lipinski definition) is 2. The van der Waals surface area contributed by atoms with E-state index >= 15 is 0 Å². The summed E-state index contributed by atoms with van der Waals surface area (Å²) in [5.41, 5.74) is 0.386. The smallest absolute Gasteiger partial charge is 0.334 e. The Balaban J connectivity index is 1.44. The van der Waals surface area contributed by atoms with Crippen LogP contribution in [0.15, 0.2) is 79.3 Å². The van der Waals surface area contributed by atoms with Gasteiger partial charge in [-0.25, -0.2) is 9.37 Å². The van der Waals surface area contributed by atoms with Crippen LogP contribution in [0.1, 0.15) is 42.4 Å². The van der Waals surface area contributed by atoms with Crippen LogP contribution in [0.2, 0.25) is 0 Å². The first kappa shape index (κ1) is 29.7. The molecule has 43 heavy (non-hydrogen) atoms. The summed E-state index contributed by atoms with van der Waals surface area (Å²) in [6, 6.07) is 12.3. The maximum absolute atomic E-state index is 14.9. The van der Waals surface area contributed by atoms with Crippen LogP contribution in [0, 0.1) is 5.82 Å². The fourth-order valence-electron chi connectivity index (χ4n) is 4.79. The number of nitrogens with one attached hydrogen (secondary N) is 2. The van der Waals surface area contributed by atoms with E-state index in [1.807, 2.05) is 20.8 Å². The molecule has 0 bridgehead atoms. The number of ketones is 1. The summed E-state index contributed by atoms with van der Waals surface area (Å²) in [7, 11) is 1.62. The number of anilines is 1. The molecule has 1 amide bonds. The van der Waals surface area contributed by atoms with Gasteiger partial charge in [-0.3, -0.25) is 9.59 Å². The van der Waals surface area contributed by atoms with Crippen LogP contribution in [0.25, 0.3) is 27.7 Å². The number of nitrogens with zero attached hydrogens (tertiary/aromatic N) is 3. The van der Waals surface area contributed by atoms with Crippen LogP contribution in [0.5, 0.6) is 0 Å². The van der Waals surface area contributed by atoms with E-state index < -0.39 is 29.2 Å². The molecule has 0 atom stereocenters. The third-order valence-electron chi connectivity index (χ3n) is 6.89. The zero-order valence-electron chi connectivity index (χ0n) is 23.9. The van der Waals surface area contributed by atoms with Gasteiger partial charge in [0.15, 0.2) is 0 Å². The second-order valence-electron chi connectivity index (χ2n) is 11.2. The predicted octanol–water partition coefficient (Wildman–Crippen LogP) is 6.76. The number of fused-ring (bicyclic) bond motifs is 2. The number of aryl methyl sites for hydroxylation is 1. The third-order valence-corrected chi connectivity index (χ3v) is 6.89. The lowest BCUT2D eigenvalue weighted by Crippen LogP contribution is -2.35. The summed E-state index contributed by atoms with van der Waals surface area (Å²) in [5, 5.41) is 5.65. The van der Waals surface area contributed by atoms with Gasteiger partial charge >= 0.3 is 6.18 Å². The molecular formula is C32H29F4N5O2. The highest BCUT2D eigenvalue weighted by Crippen LogP contribution is 2.41. The van der Waals surface area contributed by atoms with Gasteiger partial charge in [0.05, 0.1) is 39.8 Å². The number of hydrogen-bond acceptors (Lipinski definition) is 4. The van der Waals surface area contributed by atoms with E-state index in [0.717, 1.165) is 12.1 Å². The molecule has 3 aromatic heterocycles. The Morgan fingerprint density at radius 1 is 0.977 bits per heavy atom. The lowest BCUT2D eigenvalue weighted by Gasteiger charge is -2.18. The van der Waals surface area contributed by atoms with Crippen molar-refractivity contribution in [1.29, 1.82) is 0 Å². The Morgan fingerprint density at radius 2 is 1.74 bits per heavy atom. The van der Waals surface area contributed by atoms with Crippen LogP contribution >= 0.6 is 0 Å². The average molecular weight is 592 g/mol. The summed E-state index contributed by atoms with van der Waals surface area (Å²) >= 11 is 0. The highest BCUT2D eigenvalue weighted by Gasteiger charge is 2.35. The molecule has 3 heterocycles. The Hall–Kier alpha value is -4.77. The SMILES string of the molecule is Cn1cnc2cc(-c3cccn4c(C(=O)c5ccc(NC(=O)/C=C/CNC(C)(C)C)c(F)c5)ccc34)c(C(F)(F)F)cc21. The molecule has 0 fully saturated rings. The summed E-state index contributed by atoms with van der Waals surface area (Å²) in [6.07, 6.45) is 1.28. The maximum Gasteiger partial charge on any atom is 0.417 e. The van der Waals surface area contributed by atoms with E-state index in [0.29, 0.717) is 23.1 Å². The van der Waals surface area contributed by atoms with E-state index in [-0.39, 0.29) is 33.6 Å². The number of alkyl halides is 3. The van der Waals surface area contributed by atoms with Gasteiger partial charge in [-0.1, -0.05) is 12.1 Å². The summed E-state index contributed by atoms with van der Waals surface area (Å²) < 4.78 is 60.4. The highest BCUT2D eigenvalue weighted by molar-refractivity contribution is 6.09. The molecule has 0 spiro atoms. The molecule has 0 aliphatic rings. The molecule has 0 aliphatic heterocycles. The molecule has 0 saturated heterocycles. The van der Waals surface area contributed by atoms with Crippen LogP contribution in [-0.2, 0) is 18.0 Å². The molecule has 0 radical (unpaired) electrons. The topological polar surface area (TPSA) is 80.4 Å². The lowest BCUT2D eigenvalue weighted by molar-refractivity contribution is -0.137. The van der Waals surface area contributed by atoms with Gasteiger partial charge in [0.2, 0.25) is 11.7 Å². The van der Waals surface area contributed by atoms with Crippen molar-refractivity contribution in [2.24, 2.45) is 7.05 Å². The Bertz CT molecular complexity index is 1890. The second kappa shape index (κ2) is 11.1. The molecule has 0 unspecified atom stereocenters. The standard InChI is InChI=1S/C32H29F4N5O2/c1-31(2,3)38-13-5-8-29(42)39-24-10-9-19(15-23(24)33)30(43)27-12-11-26-20(7-6-14-41(26)27)21-16-25-28(40(4)18-37-25)17-22(21)32(34,35)36/h5-12,14-18,38H,13H2,1-4H3,(H,39,42)/b8-5+. The average Bonchev–Trinajstić information content (AvgIpc) is 3.53. The van der Waals surface area contributed by atoms with Crippen molar-refractivity contribution in [3.63, 3.8) is 0 Å². The number of pyridine rings is 1. The van der Waals surface area contributed by atoms with Crippen LogP contribution in [0.4, 0.5) is 23.2 Å². The zero-order valence-corrected chi connectivity index (χ0v) is 23.9. The van der Waals surface area contributed by atoms with Crippen molar-refractivity contribution in [3.05, 3.63) is 102 Å². The van der Waals surface area contributed by atoms with Crippen molar-refractivity contribution in [2.75, 3.05) is 11.9 Å². The molecule has 2 aromatic carbocycles. The van der Waals surface area contributed by atoms with Gasteiger partial charge < -0.3 is 19.6 Å². The minimum Gasteiger partial charge on any atom is -0.334 e. The van der Waals surface area contributed by atoms with Gasteiger partial charge in [-0.15, -0.1) is 0 Å². The number of amides is 1. The Labute approximate surface area is 244 Å². The fourth-order valence-corrected chi connectivity index (χ4v) is 4.79. The van der Waals surface area contributed by atoms with Gasteiger partial charge in [-0.05, 0) is 74.9 Å². The largest absolute Gasteiger partial charge is 0.417 e. The minimum absolute atomic E-state index is 0.0108. The molecule has 11 heteroatoms. The number of imidazole rings is 1. The second-order valence-corrected chi connectivity index (χ2v) is 11.2.